The molecule has 1 rings (SSSR count). The van der Waals surface area contributed by atoms with Crippen LogP contribution in [0.25, 0.3) is 0 Å². The van der Waals surface area contributed by atoms with Crippen LogP contribution in [0.5, 0.6) is 0 Å². The van der Waals surface area contributed by atoms with E-state index < -0.39 is 27.6 Å². The number of nitrogens with two attached hydrogens (primary N) is 1. The molecular weight excluding hydrogens is 288 g/mol. The Labute approximate surface area is 107 Å². The van der Waals surface area contributed by atoms with Gasteiger partial charge in [0.15, 0.2) is 0 Å². The second-order valence-electron chi connectivity index (χ2n) is 3.89. The molecule has 0 saturated heterocycles. The molecule has 108 valence electrons. The van der Waals surface area contributed by atoms with Crippen LogP contribution in [-0.2, 0) is 22.7 Å². The third kappa shape index (κ3) is 5.99. The number of alkyl halides is 3. The quantitative estimate of drug-likeness (QED) is 0.634. The first kappa shape index (κ1) is 15.9. The summed E-state index contributed by atoms with van der Waals surface area (Å²) >= 11 is 0. The second kappa shape index (κ2) is 5.85. The van der Waals surface area contributed by atoms with Crippen LogP contribution in [0.1, 0.15) is 11.1 Å². The lowest BCUT2D eigenvalue weighted by atomic mass is 10.1. The molecule has 0 atom stereocenters. The first-order valence-electron chi connectivity index (χ1n) is 5.16. The van der Waals surface area contributed by atoms with Crippen LogP contribution in [0.4, 0.5) is 17.6 Å². The van der Waals surface area contributed by atoms with Gasteiger partial charge in [-0.25, -0.2) is 17.9 Å². The van der Waals surface area contributed by atoms with Gasteiger partial charge in [0.1, 0.15) is 5.82 Å². The lowest BCUT2D eigenvalue weighted by Crippen LogP contribution is -2.27. The SMILES string of the molecule is NS(=O)(=O)CCNCc1cc(F)cc(C(F)(F)F)c1. The van der Waals surface area contributed by atoms with E-state index in [1.807, 2.05) is 0 Å². The number of nitrogens with one attached hydrogen (secondary N) is 1. The van der Waals surface area contributed by atoms with Gasteiger partial charge in [-0.1, -0.05) is 0 Å². The minimum absolute atomic E-state index is 0.0311. The van der Waals surface area contributed by atoms with Gasteiger partial charge in [0.05, 0.1) is 11.3 Å². The maximum absolute atomic E-state index is 13.0. The van der Waals surface area contributed by atoms with Gasteiger partial charge in [0.2, 0.25) is 10.0 Å². The van der Waals surface area contributed by atoms with Crippen LogP contribution in [-0.4, -0.2) is 20.7 Å². The normalized spacial score (nSPS) is 12.7. The molecule has 0 heterocycles. The van der Waals surface area contributed by atoms with Crippen LogP contribution >= 0.6 is 0 Å². The Morgan fingerprint density at radius 2 is 1.84 bits per heavy atom. The molecule has 0 saturated carbocycles. The van der Waals surface area contributed by atoms with Crippen LogP contribution in [0.3, 0.4) is 0 Å². The van der Waals surface area contributed by atoms with Gasteiger partial charge in [0.25, 0.3) is 0 Å². The lowest BCUT2D eigenvalue weighted by Gasteiger charge is -2.10. The van der Waals surface area contributed by atoms with E-state index in [9.17, 15) is 26.0 Å². The van der Waals surface area contributed by atoms with Crippen molar-refractivity contribution in [3.63, 3.8) is 0 Å². The Morgan fingerprint density at radius 1 is 1.21 bits per heavy atom. The Balaban J connectivity index is 2.67. The molecule has 19 heavy (non-hydrogen) atoms. The summed E-state index contributed by atoms with van der Waals surface area (Å²) in [4.78, 5) is 0. The number of hydrogen-bond acceptors (Lipinski definition) is 3. The summed E-state index contributed by atoms with van der Waals surface area (Å²) in [6.07, 6.45) is -4.63. The summed E-state index contributed by atoms with van der Waals surface area (Å²) in [5.74, 6) is -1.35. The van der Waals surface area contributed by atoms with Crippen molar-refractivity contribution < 1.29 is 26.0 Å². The van der Waals surface area contributed by atoms with Crippen molar-refractivity contribution >= 4 is 10.0 Å². The topological polar surface area (TPSA) is 72.2 Å². The van der Waals surface area contributed by atoms with E-state index >= 15 is 0 Å². The van der Waals surface area contributed by atoms with Crippen molar-refractivity contribution in [3.8, 4) is 0 Å². The third-order valence-electron chi connectivity index (χ3n) is 2.18. The minimum atomic E-state index is -4.63. The van der Waals surface area contributed by atoms with Crippen LogP contribution in [0.15, 0.2) is 18.2 Å². The number of rotatable bonds is 5. The molecule has 0 aliphatic rings. The van der Waals surface area contributed by atoms with E-state index in [1.165, 1.54) is 0 Å². The monoisotopic (exact) mass is 300 g/mol. The van der Waals surface area contributed by atoms with Gasteiger partial charge in [0, 0.05) is 13.1 Å². The van der Waals surface area contributed by atoms with E-state index in [0.717, 1.165) is 12.1 Å². The van der Waals surface area contributed by atoms with E-state index in [4.69, 9.17) is 5.14 Å². The molecule has 1 aromatic carbocycles. The summed E-state index contributed by atoms with van der Waals surface area (Å²) in [7, 11) is -3.63. The smallest absolute Gasteiger partial charge is 0.312 e. The van der Waals surface area contributed by atoms with Gasteiger partial charge in [-0.2, -0.15) is 13.2 Å². The molecule has 4 nitrogen and oxygen atoms in total. The predicted octanol–water partition coefficient (Wildman–Crippen LogP) is 1.22. The van der Waals surface area contributed by atoms with Crippen LogP contribution in [0, 0.1) is 5.82 Å². The number of sulfonamides is 1. The third-order valence-corrected chi connectivity index (χ3v) is 2.95. The molecule has 0 aliphatic carbocycles. The molecular formula is C10H12F4N2O2S. The van der Waals surface area contributed by atoms with Crippen molar-refractivity contribution in [2.24, 2.45) is 5.14 Å². The zero-order valence-electron chi connectivity index (χ0n) is 9.67. The summed E-state index contributed by atoms with van der Waals surface area (Å²) < 4.78 is 71.5. The van der Waals surface area contributed by atoms with E-state index in [0.29, 0.717) is 6.07 Å². The number of hydrogen-bond donors (Lipinski definition) is 2. The maximum atomic E-state index is 13.0. The summed E-state index contributed by atoms with van der Waals surface area (Å²) in [5, 5.41) is 7.31. The highest BCUT2D eigenvalue weighted by molar-refractivity contribution is 7.89. The molecule has 1 aromatic rings. The summed E-state index contributed by atoms with van der Waals surface area (Å²) in [6.45, 7) is -0.118. The lowest BCUT2D eigenvalue weighted by molar-refractivity contribution is -0.137. The Morgan fingerprint density at radius 3 is 2.37 bits per heavy atom. The van der Waals surface area contributed by atoms with Crippen molar-refractivity contribution in [2.45, 2.75) is 12.7 Å². The van der Waals surface area contributed by atoms with Crippen molar-refractivity contribution in [3.05, 3.63) is 35.1 Å². The fraction of sp³-hybridized carbons (Fsp3) is 0.400. The van der Waals surface area contributed by atoms with Crippen molar-refractivity contribution in [1.29, 1.82) is 0 Å². The number of benzene rings is 1. The molecule has 0 unspecified atom stereocenters. The first-order chi connectivity index (χ1) is 8.58. The molecule has 0 spiro atoms. The Bertz CT molecular complexity index is 543. The first-order valence-corrected chi connectivity index (χ1v) is 6.87. The van der Waals surface area contributed by atoms with Gasteiger partial charge >= 0.3 is 6.18 Å². The molecule has 0 radical (unpaired) electrons. The predicted molar refractivity (Wildman–Crippen MR) is 61.1 cm³/mol. The zero-order chi connectivity index (χ0) is 14.7. The molecule has 3 N–H and O–H groups in total. The highest BCUT2D eigenvalue weighted by Gasteiger charge is 2.31. The fourth-order valence-electron chi connectivity index (χ4n) is 1.36. The molecule has 0 bridgehead atoms. The molecule has 0 aliphatic heterocycles. The molecule has 9 heteroatoms. The van der Waals surface area contributed by atoms with E-state index in [1.54, 1.807) is 0 Å². The van der Waals surface area contributed by atoms with E-state index in [2.05, 4.69) is 5.32 Å². The van der Waals surface area contributed by atoms with Gasteiger partial charge in [-0.3, -0.25) is 0 Å². The van der Waals surface area contributed by atoms with Crippen molar-refractivity contribution in [2.75, 3.05) is 12.3 Å². The standard InChI is InChI=1S/C10H12F4N2O2S/c11-9-4-7(3-8(5-9)10(12,13)14)6-16-1-2-19(15,17)18/h3-5,16H,1-2,6H2,(H2,15,17,18). The minimum Gasteiger partial charge on any atom is -0.312 e. The van der Waals surface area contributed by atoms with Gasteiger partial charge in [-0.15, -0.1) is 0 Å². The van der Waals surface area contributed by atoms with Crippen LogP contribution < -0.4 is 10.5 Å². The Hall–Kier alpha value is -1.19. The van der Waals surface area contributed by atoms with Gasteiger partial charge in [-0.05, 0) is 23.8 Å². The second-order valence-corrected chi connectivity index (χ2v) is 5.62. The number of halogens is 4. The fourth-order valence-corrected chi connectivity index (χ4v) is 1.79. The highest BCUT2D eigenvalue weighted by atomic mass is 32.2. The molecule has 0 amide bonds. The average molecular weight is 300 g/mol. The van der Waals surface area contributed by atoms with Gasteiger partial charge < -0.3 is 5.32 Å². The highest BCUT2D eigenvalue weighted by Crippen LogP contribution is 2.30. The van der Waals surface area contributed by atoms with E-state index in [-0.39, 0.29) is 24.4 Å². The largest absolute Gasteiger partial charge is 0.416 e. The molecule has 0 fully saturated rings. The number of primary sulfonamides is 1. The zero-order valence-corrected chi connectivity index (χ0v) is 10.5. The summed E-state index contributed by atoms with van der Waals surface area (Å²) in [5.41, 5.74) is -1.02. The molecule has 0 aromatic heterocycles. The summed E-state index contributed by atoms with van der Waals surface area (Å²) in [6, 6.07) is 2.14. The average Bonchev–Trinajstić information content (AvgIpc) is 2.21. The van der Waals surface area contributed by atoms with Crippen LogP contribution in [0.2, 0.25) is 0 Å². The van der Waals surface area contributed by atoms with Crippen molar-refractivity contribution in [1.82, 2.24) is 5.32 Å². The Kier molecular flexibility index (Phi) is 4.88. The maximum Gasteiger partial charge on any atom is 0.416 e.